The van der Waals surface area contributed by atoms with Crippen molar-refractivity contribution in [3.8, 4) is 0 Å². The van der Waals surface area contributed by atoms with E-state index < -0.39 is 0 Å². The fourth-order valence-electron chi connectivity index (χ4n) is 2.72. The zero-order valence-corrected chi connectivity index (χ0v) is 10.6. The number of hydrogen-bond donors (Lipinski definition) is 1. The number of nitrogens with zero attached hydrogens (tertiary/aromatic N) is 1. The van der Waals surface area contributed by atoms with Gasteiger partial charge in [0.2, 0.25) is 0 Å². The molecule has 1 aromatic rings. The fraction of sp³-hybridized carbons (Fsp3) is 0.571. The summed E-state index contributed by atoms with van der Waals surface area (Å²) in [6, 6.07) is 5.64. The summed E-state index contributed by atoms with van der Waals surface area (Å²) in [5, 5.41) is 0. The molecule has 0 bridgehead atoms. The molecule has 0 radical (unpaired) electrons. The largest absolute Gasteiger partial charge is 0.326 e. The van der Waals surface area contributed by atoms with Crippen LogP contribution >= 0.6 is 0 Å². The normalized spacial score (nSPS) is 20.5. The summed E-state index contributed by atoms with van der Waals surface area (Å²) in [6.45, 7) is 6.04. The van der Waals surface area contributed by atoms with Gasteiger partial charge in [-0.3, -0.25) is 4.90 Å². The smallest absolute Gasteiger partial charge is 0.126 e. The van der Waals surface area contributed by atoms with Crippen LogP contribution in [-0.4, -0.2) is 24.0 Å². The van der Waals surface area contributed by atoms with Crippen molar-refractivity contribution in [1.29, 1.82) is 0 Å². The number of benzene rings is 1. The molecule has 2 nitrogen and oxygen atoms in total. The van der Waals surface area contributed by atoms with Crippen molar-refractivity contribution in [2.45, 2.75) is 38.8 Å². The van der Waals surface area contributed by atoms with E-state index in [1.807, 2.05) is 19.1 Å². The first-order valence-electron chi connectivity index (χ1n) is 6.35. The number of rotatable bonds is 3. The summed E-state index contributed by atoms with van der Waals surface area (Å²) in [5.74, 6) is -0.140. The van der Waals surface area contributed by atoms with Gasteiger partial charge < -0.3 is 5.73 Å². The van der Waals surface area contributed by atoms with E-state index in [9.17, 15) is 4.39 Å². The van der Waals surface area contributed by atoms with Gasteiger partial charge in [0.25, 0.3) is 0 Å². The predicted molar refractivity (Wildman–Crippen MR) is 68.3 cm³/mol. The van der Waals surface area contributed by atoms with Gasteiger partial charge in [0, 0.05) is 12.1 Å². The molecule has 0 amide bonds. The third kappa shape index (κ3) is 2.67. The highest BCUT2D eigenvalue weighted by Crippen LogP contribution is 2.28. The first kappa shape index (κ1) is 12.5. The van der Waals surface area contributed by atoms with Crippen LogP contribution in [0.5, 0.6) is 0 Å². The molecule has 1 aromatic carbocycles. The van der Waals surface area contributed by atoms with Gasteiger partial charge in [-0.1, -0.05) is 12.1 Å². The van der Waals surface area contributed by atoms with Crippen LogP contribution in [0.15, 0.2) is 18.2 Å². The lowest BCUT2D eigenvalue weighted by Gasteiger charge is -2.31. The first-order chi connectivity index (χ1) is 8.09. The van der Waals surface area contributed by atoms with E-state index in [0.29, 0.717) is 5.56 Å². The maximum atomic E-state index is 13.3. The van der Waals surface area contributed by atoms with Crippen LogP contribution in [0.4, 0.5) is 4.39 Å². The molecule has 2 N–H and O–H groups in total. The van der Waals surface area contributed by atoms with Gasteiger partial charge in [0.1, 0.15) is 5.82 Å². The van der Waals surface area contributed by atoms with Gasteiger partial charge in [-0.15, -0.1) is 0 Å². The molecule has 2 atom stereocenters. The Morgan fingerprint density at radius 3 is 2.47 bits per heavy atom. The standard InChI is InChI=1S/C14H21FN2/c1-10-9-12(5-6-13(10)15)14(11(2)16)17-7-3-4-8-17/h5-6,9,11,14H,3-4,7-8,16H2,1-2H3. The molecule has 1 aliphatic heterocycles. The number of nitrogens with two attached hydrogens (primary N) is 1. The van der Waals surface area contributed by atoms with Crippen LogP contribution in [-0.2, 0) is 0 Å². The Bertz CT molecular complexity index is 384. The van der Waals surface area contributed by atoms with Gasteiger partial charge in [-0.2, -0.15) is 0 Å². The molecule has 0 saturated carbocycles. The second-order valence-electron chi connectivity index (χ2n) is 5.06. The van der Waals surface area contributed by atoms with Crippen LogP contribution in [0.1, 0.15) is 36.9 Å². The van der Waals surface area contributed by atoms with E-state index in [0.717, 1.165) is 18.7 Å². The number of likely N-dealkylation sites (tertiary alicyclic amines) is 1. The Balaban J connectivity index is 2.28. The molecule has 2 unspecified atom stereocenters. The summed E-state index contributed by atoms with van der Waals surface area (Å²) in [6.07, 6.45) is 2.48. The van der Waals surface area contributed by atoms with E-state index in [1.165, 1.54) is 12.8 Å². The summed E-state index contributed by atoms with van der Waals surface area (Å²) in [5.41, 5.74) is 7.94. The minimum absolute atomic E-state index is 0.0676. The third-order valence-corrected chi connectivity index (χ3v) is 3.56. The van der Waals surface area contributed by atoms with E-state index in [1.54, 1.807) is 13.0 Å². The molecule has 2 rings (SSSR count). The highest BCUT2D eigenvalue weighted by molar-refractivity contribution is 5.27. The summed E-state index contributed by atoms with van der Waals surface area (Å²) in [4.78, 5) is 2.41. The monoisotopic (exact) mass is 236 g/mol. The molecular formula is C14H21FN2. The highest BCUT2D eigenvalue weighted by atomic mass is 19.1. The fourth-order valence-corrected chi connectivity index (χ4v) is 2.72. The topological polar surface area (TPSA) is 29.3 Å². The maximum absolute atomic E-state index is 13.3. The molecule has 1 fully saturated rings. The Morgan fingerprint density at radius 2 is 1.94 bits per heavy atom. The summed E-state index contributed by atoms with van der Waals surface area (Å²) >= 11 is 0. The molecule has 1 aliphatic rings. The first-order valence-corrected chi connectivity index (χ1v) is 6.35. The van der Waals surface area contributed by atoms with Crippen molar-refractivity contribution in [2.24, 2.45) is 5.73 Å². The average molecular weight is 236 g/mol. The van der Waals surface area contributed by atoms with Crippen molar-refractivity contribution in [3.63, 3.8) is 0 Å². The second kappa shape index (κ2) is 5.15. The SMILES string of the molecule is Cc1cc(C(C(C)N)N2CCCC2)ccc1F. The maximum Gasteiger partial charge on any atom is 0.126 e. The quantitative estimate of drug-likeness (QED) is 0.874. The molecule has 17 heavy (non-hydrogen) atoms. The van der Waals surface area contributed by atoms with Crippen LogP contribution in [0.3, 0.4) is 0 Å². The molecule has 3 heteroatoms. The third-order valence-electron chi connectivity index (χ3n) is 3.56. The average Bonchev–Trinajstić information content (AvgIpc) is 2.76. The second-order valence-corrected chi connectivity index (χ2v) is 5.06. The van der Waals surface area contributed by atoms with E-state index in [4.69, 9.17) is 5.73 Å². The minimum Gasteiger partial charge on any atom is -0.326 e. The zero-order chi connectivity index (χ0) is 12.4. The Kier molecular flexibility index (Phi) is 3.79. The zero-order valence-electron chi connectivity index (χ0n) is 10.6. The Hall–Kier alpha value is -0.930. The lowest BCUT2D eigenvalue weighted by molar-refractivity contribution is 0.219. The van der Waals surface area contributed by atoms with Crippen LogP contribution in [0.25, 0.3) is 0 Å². The molecule has 0 aromatic heterocycles. The van der Waals surface area contributed by atoms with Gasteiger partial charge in [0.05, 0.1) is 0 Å². The van der Waals surface area contributed by atoms with E-state index in [2.05, 4.69) is 4.90 Å². The van der Waals surface area contributed by atoms with Gasteiger partial charge in [-0.05, 0) is 57.0 Å². The van der Waals surface area contributed by atoms with Crippen molar-refractivity contribution in [1.82, 2.24) is 4.90 Å². The van der Waals surface area contributed by atoms with Crippen LogP contribution in [0.2, 0.25) is 0 Å². The van der Waals surface area contributed by atoms with Crippen molar-refractivity contribution < 1.29 is 4.39 Å². The minimum atomic E-state index is -0.140. The Morgan fingerprint density at radius 1 is 1.29 bits per heavy atom. The lowest BCUT2D eigenvalue weighted by atomic mass is 9.98. The van der Waals surface area contributed by atoms with Gasteiger partial charge >= 0.3 is 0 Å². The molecule has 1 heterocycles. The molecule has 0 aliphatic carbocycles. The lowest BCUT2D eigenvalue weighted by Crippen LogP contribution is -2.37. The molecule has 1 saturated heterocycles. The van der Waals surface area contributed by atoms with Crippen molar-refractivity contribution in [3.05, 3.63) is 35.1 Å². The molecular weight excluding hydrogens is 215 g/mol. The van der Waals surface area contributed by atoms with E-state index in [-0.39, 0.29) is 17.9 Å². The van der Waals surface area contributed by atoms with Crippen LogP contribution < -0.4 is 5.73 Å². The van der Waals surface area contributed by atoms with Crippen molar-refractivity contribution >= 4 is 0 Å². The number of halogens is 1. The van der Waals surface area contributed by atoms with Gasteiger partial charge in [-0.25, -0.2) is 4.39 Å². The molecule has 0 spiro atoms. The summed E-state index contributed by atoms with van der Waals surface area (Å²) < 4.78 is 13.3. The van der Waals surface area contributed by atoms with E-state index >= 15 is 0 Å². The predicted octanol–water partition coefficient (Wildman–Crippen LogP) is 2.62. The van der Waals surface area contributed by atoms with Crippen LogP contribution in [0, 0.1) is 12.7 Å². The molecule has 94 valence electrons. The van der Waals surface area contributed by atoms with Crippen molar-refractivity contribution in [2.75, 3.05) is 13.1 Å². The highest BCUT2D eigenvalue weighted by Gasteiger charge is 2.26. The van der Waals surface area contributed by atoms with Gasteiger partial charge in [0.15, 0.2) is 0 Å². The Labute approximate surface area is 103 Å². The number of aryl methyl sites for hydroxylation is 1. The summed E-state index contributed by atoms with van der Waals surface area (Å²) in [7, 11) is 0. The number of hydrogen-bond acceptors (Lipinski definition) is 2.